The molecule has 0 atom stereocenters. The van der Waals surface area contributed by atoms with Crippen molar-refractivity contribution in [3.05, 3.63) is 72.1 Å². The van der Waals surface area contributed by atoms with Gasteiger partial charge in [-0.25, -0.2) is 14.4 Å². The van der Waals surface area contributed by atoms with Crippen LogP contribution in [0.3, 0.4) is 0 Å². The fourth-order valence-corrected chi connectivity index (χ4v) is 2.16. The van der Waals surface area contributed by atoms with Crippen molar-refractivity contribution < 1.29 is 13.9 Å². The predicted octanol–water partition coefficient (Wildman–Crippen LogP) is 4.32. The molecule has 0 aliphatic rings. The Labute approximate surface area is 150 Å². The molecule has 0 fully saturated rings. The zero-order chi connectivity index (χ0) is 18.4. The van der Waals surface area contributed by atoms with Gasteiger partial charge >= 0.3 is 0 Å². The molecule has 26 heavy (non-hydrogen) atoms. The highest BCUT2D eigenvalue weighted by atomic mass is 19.1. The van der Waals surface area contributed by atoms with Crippen molar-refractivity contribution in [1.29, 1.82) is 0 Å². The third-order valence-electron chi connectivity index (χ3n) is 3.38. The molecule has 1 aromatic heterocycles. The zero-order valence-corrected chi connectivity index (χ0v) is 14.1. The highest BCUT2D eigenvalue weighted by Gasteiger charge is 2.06. The monoisotopic (exact) mass is 352 g/mol. The summed E-state index contributed by atoms with van der Waals surface area (Å²) in [5, 5.41) is 3.58. The summed E-state index contributed by atoms with van der Waals surface area (Å²) < 4.78 is 25.2. The number of rotatable bonds is 7. The van der Waals surface area contributed by atoms with Crippen molar-refractivity contribution >= 4 is 12.4 Å². The summed E-state index contributed by atoms with van der Waals surface area (Å²) in [5.74, 6) is 1.48. The smallest absolute Gasteiger partial charge is 0.134 e. The number of hydrogen-bond donors (Lipinski definition) is 1. The first-order valence-electron chi connectivity index (χ1n) is 7.83. The first-order chi connectivity index (χ1) is 12.6. The van der Waals surface area contributed by atoms with Gasteiger partial charge in [0.15, 0.2) is 0 Å². The van der Waals surface area contributed by atoms with Crippen molar-refractivity contribution in [3.8, 4) is 17.2 Å². The number of anilines is 1. The second-order valence-corrected chi connectivity index (χ2v) is 5.45. The second kappa shape index (κ2) is 8.06. The van der Waals surface area contributed by atoms with Gasteiger partial charge in [0.25, 0.3) is 0 Å². The summed E-state index contributed by atoms with van der Waals surface area (Å²) in [6, 6.07) is 11.2. The molecule has 0 spiro atoms. The number of ether oxygens (including phenoxy) is 2. The molecule has 3 aromatic rings. The number of aromatic nitrogens is 2. The minimum Gasteiger partial charge on any atom is -0.489 e. The van der Waals surface area contributed by atoms with E-state index in [1.54, 1.807) is 49.6 Å². The standard InChI is InChI=1S/C19H17FN4O2/c1-13-22-10-14(11-23-13)12-25-18-7-15(20)8-19(9-18)26-17-5-3-16(4-6-17)24-21-2/h3-11,24H,2,12H2,1H3. The lowest BCUT2D eigenvalue weighted by atomic mass is 10.3. The van der Waals surface area contributed by atoms with Crippen LogP contribution in [-0.2, 0) is 6.61 Å². The molecule has 0 amide bonds. The first-order valence-corrected chi connectivity index (χ1v) is 7.83. The van der Waals surface area contributed by atoms with Gasteiger partial charge < -0.3 is 9.47 Å². The molecule has 6 nitrogen and oxygen atoms in total. The Hall–Kier alpha value is -3.48. The summed E-state index contributed by atoms with van der Waals surface area (Å²) in [7, 11) is 0. The van der Waals surface area contributed by atoms with E-state index in [1.165, 1.54) is 12.1 Å². The van der Waals surface area contributed by atoms with Gasteiger partial charge in [-0.15, -0.1) is 0 Å². The first kappa shape index (κ1) is 17.3. The zero-order valence-electron chi connectivity index (χ0n) is 14.1. The summed E-state index contributed by atoms with van der Waals surface area (Å²) >= 11 is 0. The highest BCUT2D eigenvalue weighted by Crippen LogP contribution is 2.28. The Morgan fingerprint density at radius 1 is 1.04 bits per heavy atom. The third-order valence-corrected chi connectivity index (χ3v) is 3.38. The summed E-state index contributed by atoms with van der Waals surface area (Å²) in [4.78, 5) is 8.19. The van der Waals surface area contributed by atoms with E-state index in [2.05, 4.69) is 27.2 Å². The Bertz CT molecular complexity index is 883. The lowest BCUT2D eigenvalue weighted by Crippen LogP contribution is -1.99. The molecule has 0 bridgehead atoms. The van der Waals surface area contributed by atoms with Crippen LogP contribution in [0.2, 0.25) is 0 Å². The van der Waals surface area contributed by atoms with Crippen LogP contribution in [0, 0.1) is 12.7 Å². The Balaban J connectivity index is 1.68. The van der Waals surface area contributed by atoms with Crippen LogP contribution < -0.4 is 14.9 Å². The number of nitrogens with one attached hydrogen (secondary N) is 1. The molecule has 0 saturated carbocycles. The largest absolute Gasteiger partial charge is 0.489 e. The van der Waals surface area contributed by atoms with Gasteiger partial charge in [-0.2, -0.15) is 5.10 Å². The van der Waals surface area contributed by atoms with E-state index in [1.807, 2.05) is 0 Å². The van der Waals surface area contributed by atoms with E-state index < -0.39 is 5.82 Å². The Morgan fingerprint density at radius 2 is 1.73 bits per heavy atom. The van der Waals surface area contributed by atoms with E-state index in [0.29, 0.717) is 23.1 Å². The number of halogens is 1. The van der Waals surface area contributed by atoms with Gasteiger partial charge in [0.05, 0.1) is 5.69 Å². The van der Waals surface area contributed by atoms with Gasteiger partial charge in [0.2, 0.25) is 0 Å². The molecule has 1 N–H and O–H groups in total. The average Bonchev–Trinajstić information content (AvgIpc) is 2.63. The van der Waals surface area contributed by atoms with Crippen LogP contribution in [0.15, 0.2) is 60.0 Å². The number of hydrogen-bond acceptors (Lipinski definition) is 6. The average molecular weight is 352 g/mol. The van der Waals surface area contributed by atoms with Gasteiger partial charge in [-0.1, -0.05) is 0 Å². The van der Waals surface area contributed by atoms with Crippen molar-refractivity contribution in [1.82, 2.24) is 9.97 Å². The van der Waals surface area contributed by atoms with E-state index in [9.17, 15) is 4.39 Å². The topological polar surface area (TPSA) is 68.6 Å². The quantitative estimate of drug-likeness (QED) is 0.506. The fraction of sp³-hybridized carbons (Fsp3) is 0.105. The molecule has 0 saturated heterocycles. The van der Waals surface area contributed by atoms with Crippen LogP contribution in [0.1, 0.15) is 11.4 Å². The van der Waals surface area contributed by atoms with Crippen LogP contribution in [0.4, 0.5) is 10.1 Å². The van der Waals surface area contributed by atoms with E-state index in [0.717, 1.165) is 11.3 Å². The maximum atomic E-state index is 13.9. The van der Waals surface area contributed by atoms with Crippen molar-refractivity contribution in [2.24, 2.45) is 5.10 Å². The van der Waals surface area contributed by atoms with Gasteiger partial charge in [0.1, 0.15) is 35.5 Å². The van der Waals surface area contributed by atoms with Crippen LogP contribution >= 0.6 is 0 Å². The van der Waals surface area contributed by atoms with Gasteiger partial charge in [0, 0.05) is 42.9 Å². The molecule has 2 aromatic carbocycles. The number of nitrogens with zero attached hydrogens (tertiary/aromatic N) is 3. The van der Waals surface area contributed by atoms with Crippen LogP contribution in [-0.4, -0.2) is 16.7 Å². The molecule has 3 rings (SSSR count). The van der Waals surface area contributed by atoms with Crippen LogP contribution in [0.25, 0.3) is 0 Å². The lowest BCUT2D eigenvalue weighted by Gasteiger charge is -2.10. The van der Waals surface area contributed by atoms with E-state index >= 15 is 0 Å². The molecule has 132 valence electrons. The minimum atomic E-state index is -0.452. The highest BCUT2D eigenvalue weighted by molar-refractivity contribution is 5.48. The summed E-state index contributed by atoms with van der Waals surface area (Å²) in [6.45, 7) is 5.39. The van der Waals surface area contributed by atoms with Crippen molar-refractivity contribution in [3.63, 3.8) is 0 Å². The molecule has 0 radical (unpaired) electrons. The number of hydrazone groups is 1. The Morgan fingerprint density at radius 3 is 2.42 bits per heavy atom. The Kier molecular flexibility index (Phi) is 5.38. The molecular formula is C19H17FN4O2. The summed E-state index contributed by atoms with van der Waals surface area (Å²) in [5.41, 5.74) is 4.29. The summed E-state index contributed by atoms with van der Waals surface area (Å²) in [6.07, 6.45) is 3.35. The molecule has 0 aliphatic carbocycles. The maximum Gasteiger partial charge on any atom is 0.134 e. The second-order valence-electron chi connectivity index (χ2n) is 5.45. The molecule has 1 heterocycles. The number of aryl methyl sites for hydroxylation is 1. The lowest BCUT2D eigenvalue weighted by molar-refractivity contribution is 0.301. The SMILES string of the molecule is C=NNc1ccc(Oc2cc(F)cc(OCc3cnc(C)nc3)c2)cc1. The molecule has 7 heteroatoms. The molecule has 0 unspecified atom stereocenters. The normalized spacial score (nSPS) is 10.2. The predicted molar refractivity (Wildman–Crippen MR) is 97.2 cm³/mol. The molecular weight excluding hydrogens is 335 g/mol. The van der Waals surface area contributed by atoms with Crippen molar-refractivity contribution in [2.75, 3.05) is 5.43 Å². The fourth-order valence-electron chi connectivity index (χ4n) is 2.16. The molecule has 0 aliphatic heterocycles. The van der Waals surface area contributed by atoms with Crippen LogP contribution in [0.5, 0.6) is 17.2 Å². The maximum absolute atomic E-state index is 13.9. The van der Waals surface area contributed by atoms with Gasteiger partial charge in [-0.05, 0) is 31.2 Å². The van der Waals surface area contributed by atoms with E-state index in [-0.39, 0.29) is 6.61 Å². The minimum absolute atomic E-state index is 0.234. The third kappa shape index (κ3) is 4.76. The van der Waals surface area contributed by atoms with Crippen molar-refractivity contribution in [2.45, 2.75) is 13.5 Å². The van der Waals surface area contributed by atoms with Gasteiger partial charge in [-0.3, -0.25) is 5.43 Å². The number of benzene rings is 2. The van der Waals surface area contributed by atoms with E-state index in [4.69, 9.17) is 9.47 Å².